The molecule has 1 amide bonds. The van der Waals surface area contributed by atoms with Gasteiger partial charge in [-0.3, -0.25) is 9.63 Å². The quantitative estimate of drug-likeness (QED) is 0.742. The first kappa shape index (κ1) is 12.4. The average molecular weight is 231 g/mol. The number of hydroxylamine groups is 2. The minimum Gasteiger partial charge on any atom is -0.494 e. The lowest BCUT2D eigenvalue weighted by molar-refractivity contribution is -0.0759. The van der Waals surface area contributed by atoms with Crippen molar-refractivity contribution >= 4 is 5.91 Å². The second-order valence-electron chi connectivity index (χ2n) is 2.95. The number of methoxy groups -OCH3 is 1. The van der Waals surface area contributed by atoms with Crippen molar-refractivity contribution in [3.63, 3.8) is 0 Å². The third-order valence-electron chi connectivity index (χ3n) is 2.03. The molecular weight excluding hydrogens is 220 g/mol. The number of hydrogen-bond donors (Lipinski definition) is 0. The van der Waals surface area contributed by atoms with E-state index >= 15 is 0 Å². The number of rotatable bonds is 3. The summed E-state index contributed by atoms with van der Waals surface area (Å²) in [6.07, 6.45) is 0. The lowest BCUT2D eigenvalue weighted by atomic mass is 10.2. The van der Waals surface area contributed by atoms with Crippen molar-refractivity contribution in [3.05, 3.63) is 29.3 Å². The predicted octanol–water partition coefficient (Wildman–Crippen LogP) is 1.61. The number of nitrogens with zero attached hydrogens (tertiary/aromatic N) is 1. The van der Waals surface area contributed by atoms with E-state index in [0.717, 1.165) is 17.2 Å². The molecule has 0 unspecified atom stereocenters. The molecule has 0 spiro atoms. The molecule has 6 heteroatoms. The summed E-state index contributed by atoms with van der Waals surface area (Å²) in [6, 6.07) is 1.58. The Bertz CT molecular complexity index is 409. The summed E-state index contributed by atoms with van der Waals surface area (Å²) >= 11 is 0. The second-order valence-corrected chi connectivity index (χ2v) is 2.95. The van der Waals surface area contributed by atoms with Crippen molar-refractivity contribution in [2.75, 3.05) is 21.3 Å². The van der Waals surface area contributed by atoms with Crippen LogP contribution in [0.1, 0.15) is 10.4 Å². The highest BCUT2D eigenvalue weighted by atomic mass is 19.1. The molecule has 4 nitrogen and oxygen atoms in total. The fourth-order valence-corrected chi connectivity index (χ4v) is 1.10. The van der Waals surface area contributed by atoms with Gasteiger partial charge >= 0.3 is 0 Å². The van der Waals surface area contributed by atoms with Gasteiger partial charge in [-0.25, -0.2) is 13.8 Å². The van der Waals surface area contributed by atoms with Crippen molar-refractivity contribution in [2.45, 2.75) is 0 Å². The van der Waals surface area contributed by atoms with Gasteiger partial charge in [0.05, 0.1) is 19.8 Å². The fourth-order valence-electron chi connectivity index (χ4n) is 1.10. The minimum atomic E-state index is -0.868. The Labute approximate surface area is 91.3 Å². The van der Waals surface area contributed by atoms with Crippen LogP contribution in [0.25, 0.3) is 0 Å². The predicted molar refractivity (Wildman–Crippen MR) is 52.0 cm³/mol. The molecule has 0 aliphatic carbocycles. The van der Waals surface area contributed by atoms with E-state index in [2.05, 4.69) is 9.57 Å². The fraction of sp³-hybridized carbons (Fsp3) is 0.300. The maximum absolute atomic E-state index is 13.4. The molecule has 0 aromatic heterocycles. The summed E-state index contributed by atoms with van der Waals surface area (Å²) in [6.45, 7) is 0. The number of benzene rings is 1. The van der Waals surface area contributed by atoms with Gasteiger partial charge in [0.15, 0.2) is 11.6 Å². The van der Waals surface area contributed by atoms with Crippen molar-refractivity contribution in [1.29, 1.82) is 0 Å². The molecule has 0 aliphatic rings. The van der Waals surface area contributed by atoms with Crippen LogP contribution in [0.5, 0.6) is 5.75 Å². The van der Waals surface area contributed by atoms with E-state index < -0.39 is 23.1 Å². The molecule has 0 N–H and O–H groups in total. The zero-order valence-electron chi connectivity index (χ0n) is 9.08. The summed E-state index contributed by atoms with van der Waals surface area (Å²) in [4.78, 5) is 16.1. The number of ether oxygens (including phenoxy) is 1. The summed E-state index contributed by atoms with van der Waals surface area (Å²) < 4.78 is 31.2. The van der Waals surface area contributed by atoms with Crippen molar-refractivity contribution < 1.29 is 23.1 Å². The number of amides is 1. The molecule has 0 saturated heterocycles. The van der Waals surface area contributed by atoms with Crippen LogP contribution in [0.3, 0.4) is 0 Å². The number of carbonyl (C=O) groups is 1. The SMILES string of the molecule is COc1cc(F)c(C(=O)N(C)OC)cc1F. The third-order valence-corrected chi connectivity index (χ3v) is 2.03. The van der Waals surface area contributed by atoms with Gasteiger partial charge in [-0.1, -0.05) is 0 Å². The van der Waals surface area contributed by atoms with Crippen LogP contribution in [0.15, 0.2) is 12.1 Å². The van der Waals surface area contributed by atoms with E-state index in [0.29, 0.717) is 0 Å². The Morgan fingerprint density at radius 3 is 2.38 bits per heavy atom. The highest BCUT2D eigenvalue weighted by Gasteiger charge is 2.19. The summed E-state index contributed by atoms with van der Waals surface area (Å²) in [5, 5.41) is 0.796. The van der Waals surface area contributed by atoms with E-state index in [1.54, 1.807) is 0 Å². The van der Waals surface area contributed by atoms with Crippen LogP contribution < -0.4 is 4.74 Å². The molecule has 16 heavy (non-hydrogen) atoms. The Morgan fingerprint density at radius 1 is 1.25 bits per heavy atom. The van der Waals surface area contributed by atoms with E-state index in [1.807, 2.05) is 0 Å². The summed E-state index contributed by atoms with van der Waals surface area (Å²) in [5.41, 5.74) is -0.414. The van der Waals surface area contributed by atoms with Crippen LogP contribution in [0, 0.1) is 11.6 Å². The first-order chi connectivity index (χ1) is 7.51. The van der Waals surface area contributed by atoms with Crippen LogP contribution in [0.4, 0.5) is 8.78 Å². The maximum Gasteiger partial charge on any atom is 0.280 e. The number of halogens is 2. The first-order valence-corrected chi connectivity index (χ1v) is 4.36. The summed E-state index contributed by atoms with van der Waals surface area (Å²) in [7, 11) is 3.75. The molecule has 0 aliphatic heterocycles. The Kier molecular flexibility index (Phi) is 3.78. The first-order valence-electron chi connectivity index (χ1n) is 4.36. The van der Waals surface area contributed by atoms with Gasteiger partial charge in [0, 0.05) is 13.1 Å². The van der Waals surface area contributed by atoms with Gasteiger partial charge < -0.3 is 4.74 Å². The lowest BCUT2D eigenvalue weighted by Crippen LogP contribution is -2.26. The molecule has 1 aromatic rings. The minimum absolute atomic E-state index is 0.255. The largest absolute Gasteiger partial charge is 0.494 e. The summed E-state index contributed by atoms with van der Waals surface area (Å²) in [5.74, 6) is -2.71. The lowest BCUT2D eigenvalue weighted by Gasteiger charge is -2.14. The second kappa shape index (κ2) is 4.89. The van der Waals surface area contributed by atoms with E-state index in [-0.39, 0.29) is 5.75 Å². The molecule has 0 heterocycles. The molecule has 0 bridgehead atoms. The molecular formula is C10H11F2NO3. The highest BCUT2D eigenvalue weighted by Crippen LogP contribution is 2.21. The Morgan fingerprint density at radius 2 is 1.88 bits per heavy atom. The number of carbonyl (C=O) groups excluding carboxylic acids is 1. The van der Waals surface area contributed by atoms with E-state index in [9.17, 15) is 13.6 Å². The molecule has 0 saturated carbocycles. The maximum atomic E-state index is 13.4. The zero-order valence-corrected chi connectivity index (χ0v) is 9.08. The molecule has 0 atom stereocenters. The smallest absolute Gasteiger partial charge is 0.280 e. The van der Waals surface area contributed by atoms with Crippen LogP contribution in [-0.2, 0) is 4.84 Å². The van der Waals surface area contributed by atoms with Crippen LogP contribution in [-0.4, -0.2) is 32.2 Å². The molecule has 0 radical (unpaired) electrons. The molecule has 0 fully saturated rings. The zero-order chi connectivity index (χ0) is 12.3. The Hall–Kier alpha value is -1.69. The van der Waals surface area contributed by atoms with Gasteiger partial charge in [0.2, 0.25) is 0 Å². The van der Waals surface area contributed by atoms with Gasteiger partial charge in [-0.15, -0.1) is 0 Å². The highest BCUT2D eigenvalue weighted by molar-refractivity contribution is 5.93. The van der Waals surface area contributed by atoms with Gasteiger partial charge in [0.1, 0.15) is 5.82 Å². The normalized spacial score (nSPS) is 10.1. The number of hydrogen-bond acceptors (Lipinski definition) is 3. The van der Waals surface area contributed by atoms with Crippen molar-refractivity contribution in [2.24, 2.45) is 0 Å². The van der Waals surface area contributed by atoms with E-state index in [4.69, 9.17) is 0 Å². The standard InChI is InChI=1S/C10H11F2NO3/c1-13(16-3)10(14)6-4-8(12)9(15-2)5-7(6)11/h4-5H,1-3H3. The van der Waals surface area contributed by atoms with Crippen LogP contribution in [0.2, 0.25) is 0 Å². The molecule has 88 valence electrons. The van der Waals surface area contributed by atoms with E-state index in [1.165, 1.54) is 21.3 Å². The van der Waals surface area contributed by atoms with Crippen molar-refractivity contribution in [1.82, 2.24) is 5.06 Å². The monoisotopic (exact) mass is 231 g/mol. The topological polar surface area (TPSA) is 38.8 Å². The Balaban J connectivity index is 3.16. The van der Waals surface area contributed by atoms with Crippen LogP contribution >= 0.6 is 0 Å². The molecule has 1 aromatic carbocycles. The van der Waals surface area contributed by atoms with Gasteiger partial charge in [0.25, 0.3) is 5.91 Å². The van der Waals surface area contributed by atoms with Gasteiger partial charge in [-0.05, 0) is 6.07 Å². The van der Waals surface area contributed by atoms with Gasteiger partial charge in [-0.2, -0.15) is 0 Å². The average Bonchev–Trinajstić information content (AvgIpc) is 2.29. The van der Waals surface area contributed by atoms with Crippen molar-refractivity contribution in [3.8, 4) is 5.75 Å². The molecule has 1 rings (SSSR count). The third kappa shape index (κ3) is 2.27.